The number of hydrogen-bond acceptors (Lipinski definition) is 3. The molecule has 3 aliphatic rings. The molecule has 2 fully saturated rings. The zero-order chi connectivity index (χ0) is 17.7. The highest BCUT2D eigenvalue weighted by Crippen LogP contribution is 2.37. The third-order valence-electron chi connectivity index (χ3n) is 6.41. The summed E-state index contributed by atoms with van der Waals surface area (Å²) in [6.07, 6.45) is 10.9. The Labute approximate surface area is 152 Å². The van der Waals surface area contributed by atoms with E-state index < -0.39 is 0 Å². The Morgan fingerprint density at radius 2 is 2.04 bits per heavy atom. The molecule has 2 amide bonds. The van der Waals surface area contributed by atoms with E-state index >= 15 is 0 Å². The van der Waals surface area contributed by atoms with Gasteiger partial charge in [0.1, 0.15) is 5.65 Å². The molecule has 2 unspecified atom stereocenters. The molecule has 0 spiro atoms. The summed E-state index contributed by atoms with van der Waals surface area (Å²) >= 11 is 0. The van der Waals surface area contributed by atoms with E-state index in [-0.39, 0.29) is 23.8 Å². The lowest BCUT2D eigenvalue weighted by Gasteiger charge is -2.35. The first-order valence-corrected chi connectivity index (χ1v) is 9.78. The lowest BCUT2D eigenvalue weighted by molar-refractivity contribution is -0.127. The van der Waals surface area contributed by atoms with Crippen LogP contribution in [0.15, 0.2) is 18.5 Å². The second kappa shape index (κ2) is 6.11. The number of nitrogens with one attached hydrogen (secondary N) is 2. The fourth-order valence-corrected chi connectivity index (χ4v) is 5.10. The van der Waals surface area contributed by atoms with Gasteiger partial charge in [0.25, 0.3) is 5.91 Å². The second-order valence-corrected chi connectivity index (χ2v) is 7.92. The van der Waals surface area contributed by atoms with Crippen LogP contribution in [0.2, 0.25) is 0 Å². The highest BCUT2D eigenvalue weighted by molar-refractivity contribution is 6.09. The van der Waals surface area contributed by atoms with Crippen molar-refractivity contribution >= 4 is 22.8 Å². The Morgan fingerprint density at radius 3 is 2.88 bits per heavy atom. The minimum Gasteiger partial charge on any atom is -0.353 e. The minimum absolute atomic E-state index is 0.00447. The lowest BCUT2D eigenvalue weighted by Crippen LogP contribution is -2.49. The van der Waals surface area contributed by atoms with Crippen LogP contribution in [0.25, 0.3) is 11.0 Å². The standard InChI is InChI=1S/C20H24N4O2/c25-19(23-13-4-1-2-5-13)14-6-3-7-16(14)24-11-12-8-9-21-18-17(12)15(10-22-18)20(24)26/h8-10,13-14,16H,1-7,11H2,(H,21,22)(H,23,25). The van der Waals surface area contributed by atoms with Gasteiger partial charge in [-0.15, -0.1) is 0 Å². The third-order valence-corrected chi connectivity index (χ3v) is 6.41. The molecule has 2 aliphatic carbocycles. The topological polar surface area (TPSA) is 78.1 Å². The molecular weight excluding hydrogens is 328 g/mol. The van der Waals surface area contributed by atoms with Crippen molar-refractivity contribution in [2.24, 2.45) is 5.92 Å². The van der Waals surface area contributed by atoms with Crippen LogP contribution in [-0.4, -0.2) is 38.8 Å². The molecular formula is C20H24N4O2. The predicted octanol–water partition coefficient (Wildman–Crippen LogP) is 2.75. The number of rotatable bonds is 3. The average Bonchev–Trinajstić information content (AvgIpc) is 3.38. The van der Waals surface area contributed by atoms with Crippen molar-refractivity contribution in [1.82, 2.24) is 20.2 Å². The number of H-pyrrole nitrogens is 1. The largest absolute Gasteiger partial charge is 0.353 e. The fraction of sp³-hybridized carbons (Fsp3) is 0.550. The van der Waals surface area contributed by atoms with Gasteiger partial charge in [0, 0.05) is 36.4 Å². The quantitative estimate of drug-likeness (QED) is 0.891. The molecule has 2 aromatic rings. The molecule has 2 aromatic heterocycles. The summed E-state index contributed by atoms with van der Waals surface area (Å²) in [6, 6.07) is 2.31. The van der Waals surface area contributed by atoms with Crippen molar-refractivity contribution in [1.29, 1.82) is 0 Å². The van der Waals surface area contributed by atoms with Crippen LogP contribution in [-0.2, 0) is 11.3 Å². The van der Waals surface area contributed by atoms with Crippen molar-refractivity contribution in [3.05, 3.63) is 29.6 Å². The first-order valence-electron chi connectivity index (χ1n) is 9.78. The van der Waals surface area contributed by atoms with Gasteiger partial charge in [-0.2, -0.15) is 0 Å². The van der Waals surface area contributed by atoms with Gasteiger partial charge >= 0.3 is 0 Å². The number of carbonyl (C=O) groups is 2. The van der Waals surface area contributed by atoms with Crippen LogP contribution < -0.4 is 5.32 Å². The highest BCUT2D eigenvalue weighted by Gasteiger charge is 2.41. The summed E-state index contributed by atoms with van der Waals surface area (Å²) in [5.74, 6) is 0.0895. The minimum atomic E-state index is -0.0858. The molecule has 0 saturated heterocycles. The van der Waals surface area contributed by atoms with Gasteiger partial charge < -0.3 is 15.2 Å². The molecule has 26 heavy (non-hydrogen) atoms. The summed E-state index contributed by atoms with van der Waals surface area (Å²) in [7, 11) is 0. The van der Waals surface area contributed by atoms with Crippen molar-refractivity contribution in [3.8, 4) is 0 Å². The first kappa shape index (κ1) is 15.9. The van der Waals surface area contributed by atoms with Gasteiger partial charge in [0.2, 0.25) is 5.91 Å². The van der Waals surface area contributed by atoms with Gasteiger partial charge in [-0.3, -0.25) is 9.59 Å². The summed E-state index contributed by atoms with van der Waals surface area (Å²) in [5.41, 5.74) is 2.58. The number of nitrogens with zero attached hydrogens (tertiary/aromatic N) is 2. The van der Waals surface area contributed by atoms with E-state index in [0.29, 0.717) is 18.2 Å². The van der Waals surface area contributed by atoms with Gasteiger partial charge in [-0.1, -0.05) is 19.3 Å². The van der Waals surface area contributed by atoms with Crippen molar-refractivity contribution < 1.29 is 9.59 Å². The summed E-state index contributed by atoms with van der Waals surface area (Å²) in [5, 5.41) is 4.19. The van der Waals surface area contributed by atoms with Crippen molar-refractivity contribution in [2.45, 2.75) is 63.6 Å². The van der Waals surface area contributed by atoms with Crippen LogP contribution >= 0.6 is 0 Å². The van der Waals surface area contributed by atoms with E-state index in [1.807, 2.05) is 11.0 Å². The zero-order valence-corrected chi connectivity index (χ0v) is 14.8. The number of carbonyl (C=O) groups excluding carboxylic acids is 2. The van der Waals surface area contributed by atoms with Gasteiger partial charge in [-0.05, 0) is 37.3 Å². The fourth-order valence-electron chi connectivity index (χ4n) is 5.10. The Morgan fingerprint density at radius 1 is 1.19 bits per heavy atom. The average molecular weight is 352 g/mol. The molecule has 3 heterocycles. The molecule has 0 aromatic carbocycles. The summed E-state index contributed by atoms with van der Waals surface area (Å²) < 4.78 is 0. The maximum absolute atomic E-state index is 13.1. The molecule has 2 N–H and O–H groups in total. The first-order chi connectivity index (χ1) is 12.7. The maximum Gasteiger partial charge on any atom is 0.256 e. The van der Waals surface area contributed by atoms with Crippen LogP contribution in [0.1, 0.15) is 60.9 Å². The van der Waals surface area contributed by atoms with E-state index in [1.54, 1.807) is 12.4 Å². The van der Waals surface area contributed by atoms with Crippen LogP contribution in [0, 0.1) is 5.92 Å². The molecule has 136 valence electrons. The van der Waals surface area contributed by atoms with Gasteiger partial charge in [-0.25, -0.2) is 4.98 Å². The summed E-state index contributed by atoms with van der Waals surface area (Å²) in [6.45, 7) is 0.570. The normalized spacial score (nSPS) is 26.0. The second-order valence-electron chi connectivity index (χ2n) is 7.92. The Balaban J connectivity index is 1.40. The van der Waals surface area contributed by atoms with E-state index in [4.69, 9.17) is 0 Å². The number of aromatic amines is 1. The Hall–Kier alpha value is -2.37. The molecule has 5 rings (SSSR count). The lowest BCUT2D eigenvalue weighted by atomic mass is 9.95. The predicted molar refractivity (Wildman–Crippen MR) is 97.5 cm³/mol. The Bertz CT molecular complexity index is 868. The molecule has 0 radical (unpaired) electrons. The smallest absolute Gasteiger partial charge is 0.256 e. The van der Waals surface area contributed by atoms with E-state index in [9.17, 15) is 9.59 Å². The highest BCUT2D eigenvalue weighted by atomic mass is 16.2. The van der Waals surface area contributed by atoms with E-state index in [2.05, 4.69) is 15.3 Å². The van der Waals surface area contributed by atoms with Crippen molar-refractivity contribution in [3.63, 3.8) is 0 Å². The van der Waals surface area contributed by atoms with Crippen LogP contribution in [0.3, 0.4) is 0 Å². The molecule has 0 bridgehead atoms. The van der Waals surface area contributed by atoms with Crippen LogP contribution in [0.5, 0.6) is 0 Å². The van der Waals surface area contributed by atoms with E-state index in [0.717, 1.165) is 48.7 Å². The van der Waals surface area contributed by atoms with Crippen LogP contribution in [0.4, 0.5) is 0 Å². The van der Waals surface area contributed by atoms with Crippen molar-refractivity contribution in [2.75, 3.05) is 0 Å². The number of amides is 2. The van der Waals surface area contributed by atoms with E-state index in [1.165, 1.54) is 12.8 Å². The summed E-state index contributed by atoms with van der Waals surface area (Å²) in [4.78, 5) is 35.3. The molecule has 6 nitrogen and oxygen atoms in total. The molecule has 2 saturated carbocycles. The molecule has 1 aliphatic heterocycles. The number of pyridine rings is 1. The van der Waals surface area contributed by atoms with Gasteiger partial charge in [0.15, 0.2) is 0 Å². The maximum atomic E-state index is 13.1. The van der Waals surface area contributed by atoms with Gasteiger partial charge in [0.05, 0.1) is 11.5 Å². The monoisotopic (exact) mass is 352 g/mol. The zero-order valence-electron chi connectivity index (χ0n) is 14.8. The number of aromatic nitrogens is 2. The molecule has 2 atom stereocenters. The molecule has 6 heteroatoms. The Kier molecular flexibility index (Phi) is 3.72. The SMILES string of the molecule is O=C(NC1CCCC1)C1CCCC1N1Cc2ccnc3[nH]cc(c23)C1=O. The third kappa shape index (κ3) is 2.42. The number of hydrogen-bond donors (Lipinski definition) is 2.